The molecule has 19 heavy (non-hydrogen) atoms. The molecule has 2 N–H and O–H groups in total. The van der Waals surface area contributed by atoms with Gasteiger partial charge in [-0.05, 0) is 66.7 Å². The molecule has 0 saturated carbocycles. The number of hydrogen-bond donors (Lipinski definition) is 1. The third kappa shape index (κ3) is 3.05. The Hall–Kier alpha value is 0.0500. The molecule has 1 saturated heterocycles. The van der Waals surface area contributed by atoms with Crippen molar-refractivity contribution in [2.75, 3.05) is 13.1 Å². The van der Waals surface area contributed by atoms with Crippen LogP contribution in [0.5, 0.6) is 0 Å². The predicted molar refractivity (Wildman–Crippen MR) is 81.9 cm³/mol. The monoisotopic (exact) mass is 366 g/mol. The first-order valence-corrected chi connectivity index (χ1v) is 9.39. The molecule has 108 valence electrons. The van der Waals surface area contributed by atoms with E-state index in [2.05, 4.69) is 15.9 Å². The Balaban J connectivity index is 2.32. The highest BCUT2D eigenvalue weighted by atomic mass is 79.9. The van der Waals surface area contributed by atoms with E-state index in [-0.39, 0.29) is 12.0 Å². The summed E-state index contributed by atoms with van der Waals surface area (Å²) < 4.78 is 28.3. The second kappa shape index (κ2) is 5.81. The summed E-state index contributed by atoms with van der Waals surface area (Å²) in [5, 5.41) is 0. The molecule has 0 aliphatic carbocycles. The highest BCUT2D eigenvalue weighted by molar-refractivity contribution is 9.11. The maximum atomic E-state index is 12.7. The number of piperidine rings is 1. The summed E-state index contributed by atoms with van der Waals surface area (Å²) in [6, 6.07) is 1.79. The molecule has 0 bridgehead atoms. The van der Waals surface area contributed by atoms with Gasteiger partial charge in [-0.25, -0.2) is 8.42 Å². The summed E-state index contributed by atoms with van der Waals surface area (Å²) in [6.45, 7) is 4.96. The van der Waals surface area contributed by atoms with E-state index < -0.39 is 10.0 Å². The van der Waals surface area contributed by atoms with Crippen molar-refractivity contribution in [3.05, 3.63) is 15.4 Å². The van der Waals surface area contributed by atoms with Crippen LogP contribution in [0.2, 0.25) is 0 Å². The molecule has 1 aromatic heterocycles. The molecule has 7 heteroatoms. The van der Waals surface area contributed by atoms with Crippen LogP contribution in [0, 0.1) is 12.8 Å². The summed E-state index contributed by atoms with van der Waals surface area (Å²) >= 11 is 4.67. The molecule has 2 heterocycles. The van der Waals surface area contributed by atoms with Crippen molar-refractivity contribution in [1.29, 1.82) is 0 Å². The fourth-order valence-corrected chi connectivity index (χ4v) is 6.44. The van der Waals surface area contributed by atoms with Crippen molar-refractivity contribution in [2.24, 2.45) is 11.7 Å². The van der Waals surface area contributed by atoms with Gasteiger partial charge in [-0.3, -0.25) is 0 Å². The fourth-order valence-electron chi connectivity index (χ4n) is 2.35. The van der Waals surface area contributed by atoms with Gasteiger partial charge in [0.2, 0.25) is 0 Å². The normalized spacial score (nSPS) is 25.7. The van der Waals surface area contributed by atoms with Gasteiger partial charge in [0.1, 0.15) is 4.21 Å². The molecule has 1 aliphatic heterocycles. The van der Waals surface area contributed by atoms with Crippen LogP contribution < -0.4 is 5.73 Å². The van der Waals surface area contributed by atoms with E-state index in [1.165, 1.54) is 11.3 Å². The van der Waals surface area contributed by atoms with Crippen LogP contribution >= 0.6 is 27.3 Å². The number of hydrogen-bond acceptors (Lipinski definition) is 4. The van der Waals surface area contributed by atoms with Gasteiger partial charge in [-0.1, -0.05) is 0 Å². The van der Waals surface area contributed by atoms with E-state index in [1.807, 2.05) is 13.8 Å². The lowest BCUT2D eigenvalue weighted by atomic mass is 9.96. The first-order chi connectivity index (χ1) is 8.86. The van der Waals surface area contributed by atoms with E-state index in [9.17, 15) is 8.42 Å². The lowest BCUT2D eigenvalue weighted by molar-refractivity contribution is 0.211. The quantitative estimate of drug-likeness (QED) is 0.893. The molecular weight excluding hydrogens is 348 g/mol. The van der Waals surface area contributed by atoms with Gasteiger partial charge in [0.25, 0.3) is 10.0 Å². The van der Waals surface area contributed by atoms with Crippen LogP contribution in [0.15, 0.2) is 14.1 Å². The Bertz CT molecular complexity index is 537. The highest BCUT2D eigenvalue weighted by Crippen LogP contribution is 2.35. The van der Waals surface area contributed by atoms with Crippen molar-refractivity contribution in [3.8, 4) is 0 Å². The van der Waals surface area contributed by atoms with Crippen LogP contribution in [0.4, 0.5) is 0 Å². The smallest absolute Gasteiger partial charge is 0.252 e. The number of nitrogens with zero attached hydrogens (tertiary/aromatic N) is 1. The molecule has 4 nitrogen and oxygen atoms in total. The Morgan fingerprint density at radius 3 is 2.74 bits per heavy atom. The predicted octanol–water partition coefficient (Wildman–Crippen LogP) is 2.57. The van der Waals surface area contributed by atoms with Gasteiger partial charge in [0.15, 0.2) is 0 Å². The molecule has 2 unspecified atom stereocenters. The molecule has 1 aliphatic rings. The maximum absolute atomic E-state index is 12.7. The first-order valence-electron chi connectivity index (χ1n) is 6.34. The Morgan fingerprint density at radius 1 is 1.53 bits per heavy atom. The average molecular weight is 367 g/mol. The molecule has 0 spiro atoms. The number of halogens is 1. The van der Waals surface area contributed by atoms with E-state index in [0.29, 0.717) is 17.3 Å². The topological polar surface area (TPSA) is 63.4 Å². The Kier molecular flexibility index (Phi) is 4.72. The minimum atomic E-state index is -3.39. The fraction of sp³-hybridized carbons (Fsp3) is 0.667. The van der Waals surface area contributed by atoms with E-state index >= 15 is 0 Å². The average Bonchev–Trinajstić information content (AvgIpc) is 2.71. The van der Waals surface area contributed by atoms with Crippen LogP contribution in [0.25, 0.3) is 0 Å². The summed E-state index contributed by atoms with van der Waals surface area (Å²) in [4.78, 5) is 0. The summed E-state index contributed by atoms with van der Waals surface area (Å²) in [7, 11) is -3.39. The molecule has 2 rings (SSSR count). The van der Waals surface area contributed by atoms with Crippen molar-refractivity contribution in [1.82, 2.24) is 4.31 Å². The van der Waals surface area contributed by atoms with Crippen molar-refractivity contribution >= 4 is 37.3 Å². The standard InChI is InChI=1S/C12H19BrN2O2S2/c1-8-5-11(18-12(8)13)19(16,17)15-7-10(6-14)4-3-9(15)2/h5,9-10H,3-4,6-7,14H2,1-2H3. The highest BCUT2D eigenvalue weighted by Gasteiger charge is 2.35. The van der Waals surface area contributed by atoms with Gasteiger partial charge in [0, 0.05) is 12.6 Å². The third-order valence-corrected chi connectivity index (χ3v) is 8.22. The number of nitrogens with two attached hydrogens (primary N) is 1. The number of rotatable bonds is 3. The second-order valence-electron chi connectivity index (χ2n) is 5.12. The zero-order valence-corrected chi connectivity index (χ0v) is 14.3. The summed E-state index contributed by atoms with van der Waals surface area (Å²) in [6.07, 6.45) is 1.89. The number of sulfonamides is 1. The van der Waals surface area contributed by atoms with E-state index in [4.69, 9.17) is 5.73 Å². The van der Waals surface area contributed by atoms with Crippen LogP contribution in [-0.2, 0) is 10.0 Å². The molecule has 0 amide bonds. The molecule has 0 radical (unpaired) electrons. The van der Waals surface area contributed by atoms with Gasteiger partial charge in [-0.15, -0.1) is 11.3 Å². The Morgan fingerprint density at radius 2 is 2.21 bits per heavy atom. The minimum absolute atomic E-state index is 0.0500. The van der Waals surface area contributed by atoms with Gasteiger partial charge < -0.3 is 5.73 Å². The van der Waals surface area contributed by atoms with E-state index in [0.717, 1.165) is 22.2 Å². The second-order valence-corrected chi connectivity index (χ2v) is 9.61. The van der Waals surface area contributed by atoms with Gasteiger partial charge in [-0.2, -0.15) is 4.31 Å². The van der Waals surface area contributed by atoms with Crippen LogP contribution in [0.1, 0.15) is 25.3 Å². The van der Waals surface area contributed by atoms with Crippen LogP contribution in [0.3, 0.4) is 0 Å². The van der Waals surface area contributed by atoms with Crippen molar-refractivity contribution in [2.45, 2.75) is 36.9 Å². The lowest BCUT2D eigenvalue weighted by Gasteiger charge is -2.36. The largest absolute Gasteiger partial charge is 0.330 e. The minimum Gasteiger partial charge on any atom is -0.330 e. The zero-order valence-electron chi connectivity index (χ0n) is 11.1. The molecular formula is C12H19BrN2O2S2. The van der Waals surface area contributed by atoms with Crippen molar-refractivity contribution < 1.29 is 8.42 Å². The van der Waals surface area contributed by atoms with Gasteiger partial charge >= 0.3 is 0 Å². The Labute approximate surface area is 127 Å². The number of thiophene rings is 1. The summed E-state index contributed by atoms with van der Waals surface area (Å²) in [5.41, 5.74) is 6.66. The number of aryl methyl sites for hydroxylation is 1. The molecule has 0 aromatic carbocycles. The SMILES string of the molecule is Cc1cc(S(=O)(=O)N2CC(CN)CCC2C)sc1Br. The molecule has 1 fully saturated rings. The van der Waals surface area contributed by atoms with E-state index in [1.54, 1.807) is 10.4 Å². The zero-order chi connectivity index (χ0) is 14.2. The first kappa shape index (κ1) is 15.4. The molecule has 1 aromatic rings. The van der Waals surface area contributed by atoms with Gasteiger partial charge in [0.05, 0.1) is 3.79 Å². The van der Waals surface area contributed by atoms with Crippen molar-refractivity contribution in [3.63, 3.8) is 0 Å². The maximum Gasteiger partial charge on any atom is 0.252 e. The third-order valence-electron chi connectivity index (χ3n) is 3.65. The molecule has 2 atom stereocenters. The summed E-state index contributed by atoms with van der Waals surface area (Å²) in [5.74, 6) is 0.274. The van der Waals surface area contributed by atoms with Crippen LogP contribution in [-0.4, -0.2) is 31.9 Å². The lowest BCUT2D eigenvalue weighted by Crippen LogP contribution is -2.46.